The third-order valence-corrected chi connectivity index (χ3v) is 15.8. The fourth-order valence-electron chi connectivity index (χ4n) is 10.6. The molecule has 3 aliphatic rings. The monoisotopic (exact) mass is 1250 g/mol. The molecule has 28 heteroatoms. The first-order valence-corrected chi connectivity index (χ1v) is 30.4. The molecule has 3 fully saturated rings. The molecule has 1 unspecified atom stereocenters. The van der Waals surface area contributed by atoms with E-state index in [0.29, 0.717) is 60.5 Å². The Balaban J connectivity index is 0.632. The van der Waals surface area contributed by atoms with Gasteiger partial charge in [0.05, 0.1) is 43.9 Å². The number of aryl methyl sites for hydroxylation is 3. The van der Waals surface area contributed by atoms with Gasteiger partial charge in [0.25, 0.3) is 17.7 Å². The molecule has 91 heavy (non-hydrogen) atoms. The molecular weight excluding hydrogens is 1170 g/mol. The summed E-state index contributed by atoms with van der Waals surface area (Å²) in [6, 6.07) is 15.9. The Labute approximate surface area is 525 Å². The lowest BCUT2D eigenvalue weighted by Gasteiger charge is -2.39. The van der Waals surface area contributed by atoms with Crippen LogP contribution in [0, 0.1) is 37.0 Å². The molecule has 7 amide bonds. The zero-order valence-electron chi connectivity index (χ0n) is 51.9. The number of hydrogen-bond acceptors (Lipinski definition) is 18. The smallest absolute Gasteiger partial charge is 0.328 e. The maximum absolute atomic E-state index is 14.1. The number of amides is 7. The average molecular weight is 1250 g/mol. The van der Waals surface area contributed by atoms with Crippen molar-refractivity contribution in [2.24, 2.45) is 28.9 Å². The first-order chi connectivity index (χ1) is 43.7. The number of ether oxygens (including phenoxy) is 5. The lowest BCUT2D eigenvalue weighted by molar-refractivity contribution is -0.151. The Kier molecular flexibility index (Phi) is 21.9. The van der Waals surface area contributed by atoms with Crippen molar-refractivity contribution in [3.05, 3.63) is 114 Å². The molecule has 2 aromatic carbocycles. The van der Waals surface area contributed by atoms with Gasteiger partial charge in [-0.3, -0.25) is 43.3 Å². The van der Waals surface area contributed by atoms with Crippen LogP contribution in [0.2, 0.25) is 0 Å². The molecule has 0 radical (unpaired) electrons. The number of hydrogen-bond donors (Lipinski definition) is 7. The largest absolute Gasteiger partial charge is 0.484 e. The van der Waals surface area contributed by atoms with Crippen LogP contribution in [-0.4, -0.2) is 163 Å². The Hall–Kier alpha value is -9.57. The Morgan fingerprint density at radius 3 is 2.26 bits per heavy atom. The fraction of sp³-hybridized carbons (Fsp3) is 0.476. The predicted octanol–water partition coefficient (Wildman–Crippen LogP) is 3.94. The lowest BCUT2D eigenvalue weighted by Crippen LogP contribution is -2.57. The molecule has 5 heterocycles. The lowest BCUT2D eigenvalue weighted by atomic mass is 9.88. The minimum Gasteiger partial charge on any atom is -0.484 e. The van der Waals surface area contributed by atoms with E-state index in [0.717, 1.165) is 48.2 Å². The molecule has 0 bridgehead atoms. The molecule has 6 aromatic rings. The van der Waals surface area contributed by atoms with Crippen LogP contribution in [0.4, 0.5) is 5.69 Å². The number of carbonyl (C=O) groups excluding carboxylic acids is 8. The number of nitrogens with one attached hydrogen (secondary N) is 6. The highest BCUT2D eigenvalue weighted by atomic mass is 16.5. The highest BCUT2D eigenvalue weighted by molar-refractivity contribution is 6.01. The van der Waals surface area contributed by atoms with Crippen molar-refractivity contribution in [1.29, 1.82) is 0 Å². The molecule has 9 rings (SSSR count). The zero-order valence-corrected chi connectivity index (χ0v) is 51.9. The van der Waals surface area contributed by atoms with Crippen LogP contribution in [0.25, 0.3) is 11.1 Å². The number of H-pyrrole nitrogens is 1. The molecule has 8 N–H and O–H groups in total. The van der Waals surface area contributed by atoms with E-state index in [4.69, 9.17) is 29.4 Å². The van der Waals surface area contributed by atoms with Crippen molar-refractivity contribution in [1.82, 2.24) is 66.1 Å². The van der Waals surface area contributed by atoms with Gasteiger partial charge in [-0.15, -0.1) is 5.10 Å². The molecule has 4 aromatic heterocycles. The van der Waals surface area contributed by atoms with Gasteiger partial charge in [-0.05, 0) is 124 Å². The number of aromatic nitrogens is 8. The molecule has 0 spiro atoms. The van der Waals surface area contributed by atoms with E-state index in [1.54, 1.807) is 28.9 Å². The highest BCUT2D eigenvalue weighted by Crippen LogP contribution is 2.51. The quantitative estimate of drug-likeness (QED) is 0.0227. The summed E-state index contributed by atoms with van der Waals surface area (Å²) in [4.78, 5) is 110. The topological polar surface area (TPSA) is 362 Å². The molecule has 1 saturated heterocycles. The zero-order chi connectivity index (χ0) is 64.8. The minimum atomic E-state index is -1.19. The maximum Gasteiger partial charge on any atom is 0.328 e. The second kappa shape index (κ2) is 30.3. The first-order valence-electron chi connectivity index (χ1n) is 30.4. The van der Waals surface area contributed by atoms with Gasteiger partial charge in [0.1, 0.15) is 54.2 Å². The van der Waals surface area contributed by atoms with Gasteiger partial charge in [0.15, 0.2) is 6.61 Å². The van der Waals surface area contributed by atoms with Crippen LogP contribution >= 0.6 is 0 Å². The van der Waals surface area contributed by atoms with Gasteiger partial charge in [-0.2, -0.15) is 10.2 Å². The summed E-state index contributed by atoms with van der Waals surface area (Å²) in [6.45, 7) is 9.90. The Bertz CT molecular complexity index is 3500. The number of rotatable bonds is 33. The number of nitrogens with zero attached hydrogens (tertiary/aromatic N) is 8. The van der Waals surface area contributed by atoms with Crippen LogP contribution in [0.15, 0.2) is 85.3 Å². The van der Waals surface area contributed by atoms with Gasteiger partial charge in [0, 0.05) is 67.7 Å². The predicted molar refractivity (Wildman–Crippen MR) is 328 cm³/mol. The van der Waals surface area contributed by atoms with Crippen LogP contribution in [-0.2, 0) is 62.7 Å². The second-order valence-corrected chi connectivity index (χ2v) is 24.3. The summed E-state index contributed by atoms with van der Waals surface area (Å²) in [5, 5.41) is 34.0. The molecule has 28 nitrogen and oxygen atoms in total. The third-order valence-electron chi connectivity index (χ3n) is 15.8. The van der Waals surface area contributed by atoms with Gasteiger partial charge in [-0.1, -0.05) is 44.2 Å². The van der Waals surface area contributed by atoms with E-state index in [-0.39, 0.29) is 92.2 Å². The highest BCUT2D eigenvalue weighted by Gasteiger charge is 2.48. The summed E-state index contributed by atoms with van der Waals surface area (Å²) in [6.07, 6.45) is 9.62. The van der Waals surface area contributed by atoms with Crippen LogP contribution in [0.1, 0.15) is 104 Å². The van der Waals surface area contributed by atoms with E-state index in [1.807, 2.05) is 58.9 Å². The summed E-state index contributed by atoms with van der Waals surface area (Å²) in [5.41, 5.74) is 10.9. The molecule has 484 valence electrons. The molecule has 1 aliphatic heterocycles. The van der Waals surface area contributed by atoms with Crippen LogP contribution < -0.4 is 41.8 Å². The number of aromatic amines is 1. The first kappa shape index (κ1) is 65.9. The summed E-state index contributed by atoms with van der Waals surface area (Å²) < 4.78 is 30.7. The summed E-state index contributed by atoms with van der Waals surface area (Å²) in [5.74, 6) is -2.29. The van der Waals surface area contributed by atoms with Crippen molar-refractivity contribution in [3.63, 3.8) is 0 Å². The second-order valence-electron chi connectivity index (χ2n) is 24.3. The van der Waals surface area contributed by atoms with Gasteiger partial charge in [0.2, 0.25) is 29.5 Å². The number of likely N-dealkylation sites (tertiary alicyclic amines) is 1. The van der Waals surface area contributed by atoms with E-state index in [2.05, 4.69) is 57.2 Å². The van der Waals surface area contributed by atoms with Crippen molar-refractivity contribution in [3.8, 4) is 28.5 Å². The van der Waals surface area contributed by atoms with E-state index in [1.165, 1.54) is 53.5 Å². The number of benzene rings is 2. The number of nitrogens with two attached hydrogens (primary N) is 1. The van der Waals surface area contributed by atoms with E-state index >= 15 is 0 Å². The molecule has 3 atom stereocenters. The minimum absolute atomic E-state index is 0.0299. The Morgan fingerprint density at radius 2 is 1.59 bits per heavy atom. The van der Waals surface area contributed by atoms with Gasteiger partial charge < -0.3 is 60.9 Å². The molecule has 2 aliphatic carbocycles. The fourth-order valence-corrected chi connectivity index (χ4v) is 10.6. The van der Waals surface area contributed by atoms with E-state index < -0.39 is 60.4 Å². The van der Waals surface area contributed by atoms with Crippen molar-refractivity contribution >= 4 is 53.0 Å². The van der Waals surface area contributed by atoms with E-state index in [9.17, 15) is 38.4 Å². The van der Waals surface area contributed by atoms with Crippen molar-refractivity contribution in [2.75, 3.05) is 51.9 Å². The normalized spacial score (nSPS) is 15.0. The Morgan fingerprint density at radius 1 is 0.846 bits per heavy atom. The number of pyridine rings is 1. The number of primary amides is 1. The van der Waals surface area contributed by atoms with Crippen LogP contribution in [0.3, 0.4) is 0 Å². The SMILES string of the molecule is COC(=O)[C@H](CCC(C)(C)C)NC(=O)c1ccc(Oc2cccc(OCC(=O)NC(COC3CN(C(=O)COCc4cn(CC(=O)NCCCn5nccc5C(=O)N[C@H](C(=O)Nc5ccc(-c6c(C)n[nH]c6C)cc5)C(C5CC5)C5CC5)nn4)C3)C(N)=O)c2)nc1. The summed E-state index contributed by atoms with van der Waals surface area (Å²) in [7, 11) is 1.27. The number of carbonyl (C=O) groups is 8. The van der Waals surface area contributed by atoms with Crippen LogP contribution in [0.5, 0.6) is 17.4 Å². The van der Waals surface area contributed by atoms with Gasteiger partial charge in [-0.25, -0.2) is 14.5 Å². The van der Waals surface area contributed by atoms with Crippen molar-refractivity contribution < 1.29 is 62.0 Å². The molecular formula is C63H79N15O13. The van der Waals surface area contributed by atoms with Gasteiger partial charge >= 0.3 is 5.97 Å². The maximum atomic E-state index is 14.1. The summed E-state index contributed by atoms with van der Waals surface area (Å²) >= 11 is 0. The van der Waals surface area contributed by atoms with Crippen molar-refractivity contribution in [2.45, 2.75) is 123 Å². The standard InChI is InChI=1S/C63H79N15O13/c1-37-55(38(2)73-72-37)39-15-18-43(19-16-39)68-61(85)57(56(40-11-12-40)41-13-14-41)71-60(84)50-22-25-67-78(50)26-8-24-65-51(79)32-77-29-44(74-75-77)33-88-36-54(81)76-30-47(31-76)89-34-49(58(64)82)69-52(80)35-90-45-9-7-10-46(27-45)91-53-20-17-42(28-66-53)59(83)70-48(62(86)87-6)21-23-63(3,4)5/h7,9-10,15-20,22,25,27-29,40-41,47-49,56-57H,8,11-14,21,23-24,26,30-36H2,1-6H3,(H2,64,82)(H,65,79)(H,68,85)(H,69,80)(H,70,83)(H,71,84)(H,72,73)/t48-,49?,57-/m0/s1. The number of anilines is 1. The number of methoxy groups -OCH3 is 1. The molecule has 2 saturated carbocycles. The third kappa shape index (κ3) is 19.0. The average Bonchev–Trinajstić information content (AvgIpc) is 1.68. The number of esters is 1.